The van der Waals surface area contributed by atoms with Gasteiger partial charge < -0.3 is 36.8 Å². The number of hydrogen-bond donors (Lipinski definition) is 2. The smallest absolute Gasteiger partial charge is 0.333 e. The number of hydrogen-bond acceptors (Lipinski definition) is 9. The van der Waals surface area contributed by atoms with Gasteiger partial charge in [-0.3, -0.25) is 0 Å². The van der Waals surface area contributed by atoms with E-state index in [1.54, 1.807) is 6.92 Å². The van der Waals surface area contributed by atoms with E-state index < -0.39 is 33.8 Å². The highest BCUT2D eigenvalue weighted by Gasteiger charge is 2.45. The number of aliphatic hydroxyl groups is 2. The Labute approximate surface area is 229 Å². The highest BCUT2D eigenvalue weighted by molar-refractivity contribution is 6.89. The van der Waals surface area contributed by atoms with E-state index in [0.29, 0.717) is 51.1 Å². The molecule has 0 radical (unpaired) electrons. The van der Waals surface area contributed by atoms with Crippen LogP contribution in [-0.2, 0) is 31.4 Å². The molecular weight excluding hydrogens is 545 g/mol. The van der Waals surface area contributed by atoms with Gasteiger partial charge in [0.25, 0.3) is 0 Å². The largest absolute Gasteiger partial charge is 0.462 e. The van der Waals surface area contributed by atoms with Gasteiger partial charge in [-0.1, -0.05) is 6.58 Å². The Hall–Kier alpha value is -0.202. The van der Waals surface area contributed by atoms with E-state index in [-0.39, 0.29) is 19.2 Å². The summed E-state index contributed by atoms with van der Waals surface area (Å²) >= 11 is 0. The summed E-state index contributed by atoms with van der Waals surface area (Å²) < 4.78 is 36.6. The van der Waals surface area contributed by atoms with E-state index in [1.807, 2.05) is 0 Å². The summed E-state index contributed by atoms with van der Waals surface area (Å²) in [5.41, 5.74) is 0.389. The van der Waals surface area contributed by atoms with E-state index in [1.165, 1.54) is 0 Å². The first kappa shape index (κ1) is 36.8. The molecule has 13 heteroatoms. The third-order valence-electron chi connectivity index (χ3n) is 5.44. The highest BCUT2D eigenvalue weighted by Crippen LogP contribution is 2.30. The number of carbonyl (C=O) groups excluding carboxylic acids is 1. The zero-order valence-corrected chi connectivity index (χ0v) is 28.7. The van der Waals surface area contributed by atoms with Gasteiger partial charge in [0, 0.05) is 18.8 Å². The number of ether oxygens (including phenoxy) is 3. The predicted molar refractivity (Wildman–Crippen MR) is 157 cm³/mol. The molecule has 0 aromatic rings. The second-order valence-electron chi connectivity index (χ2n) is 11.3. The molecule has 9 nitrogen and oxygen atoms in total. The van der Waals surface area contributed by atoms with Crippen molar-refractivity contribution >= 4 is 39.7 Å². The van der Waals surface area contributed by atoms with Crippen LogP contribution >= 0.6 is 0 Å². The maximum absolute atomic E-state index is 11.8. The van der Waals surface area contributed by atoms with Crippen LogP contribution < -0.4 is 0 Å². The van der Waals surface area contributed by atoms with Gasteiger partial charge in [0.1, 0.15) is 0 Å². The zero-order chi connectivity index (χ0) is 28.6. The van der Waals surface area contributed by atoms with Gasteiger partial charge in [0.15, 0.2) is 16.6 Å². The zero-order valence-electron chi connectivity index (χ0n) is 24.7. The normalized spacial score (nSPS) is 14.4. The molecule has 0 amide bonds. The standard InChI is InChI=1S/C24H54O9Si4/c1-23(2)24(27)30-17-12-22-37(9,32-35(5,6)21-11-16-29-19-14-26)33-36(7,8)31-34(3,4)20-10-15-28-18-13-25/h25-26H,1,10-22H2,2-9H3. The second-order valence-corrected chi connectivity index (χ2v) is 27.3. The molecule has 0 aliphatic rings. The third-order valence-corrected chi connectivity index (χ3v) is 21.6. The first-order valence-electron chi connectivity index (χ1n) is 13.4. The van der Waals surface area contributed by atoms with Gasteiger partial charge in [-0.25, -0.2) is 4.79 Å². The molecule has 0 saturated carbocycles. The van der Waals surface area contributed by atoms with Crippen LogP contribution in [0.15, 0.2) is 12.2 Å². The summed E-state index contributed by atoms with van der Waals surface area (Å²) in [5.74, 6) is -0.378. The lowest BCUT2D eigenvalue weighted by molar-refractivity contribution is -0.138. The lowest BCUT2D eigenvalue weighted by Gasteiger charge is -2.42. The Kier molecular flexibility index (Phi) is 18.1. The van der Waals surface area contributed by atoms with Crippen molar-refractivity contribution in [2.24, 2.45) is 0 Å². The first-order valence-corrected chi connectivity index (χ1v) is 24.9. The van der Waals surface area contributed by atoms with Crippen LogP contribution in [0.3, 0.4) is 0 Å². The van der Waals surface area contributed by atoms with Gasteiger partial charge in [0.05, 0.1) is 33.0 Å². The molecule has 0 heterocycles. The van der Waals surface area contributed by atoms with Crippen LogP contribution in [-0.4, -0.2) is 96.2 Å². The summed E-state index contributed by atoms with van der Waals surface area (Å²) in [5, 5.41) is 17.8. The van der Waals surface area contributed by atoms with E-state index in [9.17, 15) is 4.79 Å². The number of aliphatic hydroxyl groups excluding tert-OH is 2. The van der Waals surface area contributed by atoms with E-state index >= 15 is 0 Å². The predicted octanol–water partition coefficient (Wildman–Crippen LogP) is 4.53. The molecule has 0 aliphatic heterocycles. The summed E-state index contributed by atoms with van der Waals surface area (Å²) in [6.07, 6.45) is 2.41. The first-order chi connectivity index (χ1) is 17.1. The van der Waals surface area contributed by atoms with Crippen LogP contribution in [0.4, 0.5) is 0 Å². The Morgan fingerprint density at radius 3 is 1.59 bits per heavy atom. The van der Waals surface area contributed by atoms with Crippen molar-refractivity contribution in [3.05, 3.63) is 12.2 Å². The number of esters is 1. The molecule has 0 bridgehead atoms. The Bertz CT molecular complexity index is 662. The van der Waals surface area contributed by atoms with Gasteiger partial charge in [0.2, 0.25) is 0 Å². The van der Waals surface area contributed by atoms with E-state index in [4.69, 9.17) is 36.8 Å². The SMILES string of the molecule is C=C(C)C(=O)OCCC[Si](C)(O[Si](C)(C)CCCOCCO)O[Si](C)(C)O[Si](C)(C)CCCOCCO. The number of carbonyl (C=O) groups is 1. The van der Waals surface area contributed by atoms with Crippen LogP contribution in [0.25, 0.3) is 0 Å². The van der Waals surface area contributed by atoms with Crippen LogP contribution in [0.5, 0.6) is 0 Å². The summed E-state index contributed by atoms with van der Waals surface area (Å²) in [7, 11) is -9.28. The second kappa shape index (κ2) is 18.2. The molecule has 0 spiro atoms. The van der Waals surface area contributed by atoms with Crippen LogP contribution in [0.1, 0.15) is 26.2 Å². The maximum Gasteiger partial charge on any atom is 0.333 e. The summed E-state index contributed by atoms with van der Waals surface area (Å²) in [4.78, 5) is 11.8. The van der Waals surface area contributed by atoms with Gasteiger partial charge in [-0.2, -0.15) is 0 Å². The molecule has 0 aromatic carbocycles. The molecule has 1 unspecified atom stereocenters. The van der Waals surface area contributed by atoms with Crippen molar-refractivity contribution in [2.45, 2.75) is 90.1 Å². The highest BCUT2D eigenvalue weighted by atomic mass is 28.5. The molecule has 2 N–H and O–H groups in total. The van der Waals surface area contributed by atoms with Crippen LogP contribution in [0.2, 0.25) is 64.0 Å². The molecule has 0 rings (SSSR count). The average molecular weight is 599 g/mol. The molecule has 0 fully saturated rings. The molecule has 220 valence electrons. The minimum absolute atomic E-state index is 0.0289. The molecular formula is C24H54O9Si4. The van der Waals surface area contributed by atoms with Crippen molar-refractivity contribution in [3.63, 3.8) is 0 Å². The third kappa shape index (κ3) is 19.5. The number of rotatable bonds is 23. The van der Waals surface area contributed by atoms with Gasteiger partial charge >= 0.3 is 23.1 Å². The lowest BCUT2D eigenvalue weighted by atomic mass is 10.4. The summed E-state index contributed by atoms with van der Waals surface area (Å²) in [6, 6.07) is 2.57. The van der Waals surface area contributed by atoms with Crippen molar-refractivity contribution in [1.82, 2.24) is 0 Å². The topological polar surface area (TPSA) is 113 Å². The molecule has 1 atom stereocenters. The fourth-order valence-electron chi connectivity index (χ4n) is 4.23. The average Bonchev–Trinajstić information content (AvgIpc) is 2.74. The van der Waals surface area contributed by atoms with Gasteiger partial charge in [-0.15, -0.1) is 0 Å². The fraction of sp³-hybridized carbons (Fsp3) is 0.875. The van der Waals surface area contributed by atoms with Gasteiger partial charge in [-0.05, 0) is 90.1 Å². The van der Waals surface area contributed by atoms with E-state index in [2.05, 4.69) is 52.4 Å². The van der Waals surface area contributed by atoms with Crippen molar-refractivity contribution in [3.8, 4) is 0 Å². The fourth-order valence-corrected chi connectivity index (χ4v) is 23.9. The minimum Gasteiger partial charge on any atom is -0.462 e. The minimum atomic E-state index is -2.67. The lowest BCUT2D eigenvalue weighted by Crippen LogP contribution is -2.57. The van der Waals surface area contributed by atoms with Crippen LogP contribution in [0, 0.1) is 0 Å². The Balaban J connectivity index is 5.26. The molecule has 0 aliphatic carbocycles. The quantitative estimate of drug-likeness (QED) is 0.0758. The molecule has 0 aromatic heterocycles. The Morgan fingerprint density at radius 2 is 1.14 bits per heavy atom. The Morgan fingerprint density at radius 1 is 0.676 bits per heavy atom. The monoisotopic (exact) mass is 598 g/mol. The van der Waals surface area contributed by atoms with Crippen molar-refractivity contribution in [2.75, 3.05) is 46.2 Å². The molecule has 0 saturated heterocycles. The van der Waals surface area contributed by atoms with E-state index in [0.717, 1.165) is 24.9 Å². The summed E-state index contributed by atoms with van der Waals surface area (Å²) in [6.45, 7) is 22.7. The molecule has 37 heavy (non-hydrogen) atoms. The van der Waals surface area contributed by atoms with Crippen molar-refractivity contribution in [1.29, 1.82) is 0 Å². The van der Waals surface area contributed by atoms with Crippen molar-refractivity contribution < 1.29 is 41.6 Å². The maximum atomic E-state index is 11.8.